The predicted molar refractivity (Wildman–Crippen MR) is 191 cm³/mol. The monoisotopic (exact) mass is 720 g/mol. The van der Waals surface area contributed by atoms with Crippen LogP contribution >= 0.6 is 0 Å². The van der Waals surface area contributed by atoms with Crippen LogP contribution in [0.2, 0.25) is 0 Å². The van der Waals surface area contributed by atoms with E-state index in [0.29, 0.717) is 19.4 Å². The van der Waals surface area contributed by atoms with Crippen LogP contribution in [-0.2, 0) is 40.1 Å². The second kappa shape index (κ2) is 15.2. The fraction of sp³-hybridized carbons (Fsp3) is 0.700. The quantitative estimate of drug-likeness (QED) is 0.236. The van der Waals surface area contributed by atoms with Gasteiger partial charge in [0.05, 0.1) is 6.04 Å². The Morgan fingerprint density at radius 3 is 2.17 bits per heavy atom. The number of Topliss-reactive ketones (excluding diaryl/α,β-unsaturated/α-hetero) is 1. The Morgan fingerprint density at radius 2 is 1.58 bits per heavy atom. The summed E-state index contributed by atoms with van der Waals surface area (Å²) in [5.74, 6) is -2.83. The summed E-state index contributed by atoms with van der Waals surface area (Å²) in [5, 5.41) is 5.82. The minimum absolute atomic E-state index is 0.0660. The first-order chi connectivity index (χ1) is 24.7. The summed E-state index contributed by atoms with van der Waals surface area (Å²) < 4.78 is 11.0. The smallest absolute Gasteiger partial charge is 0.408 e. The van der Waals surface area contributed by atoms with Crippen molar-refractivity contribution in [2.75, 3.05) is 13.1 Å². The third-order valence-corrected chi connectivity index (χ3v) is 12.2. The number of alkyl carbamates (subject to hydrolysis) is 1. The van der Waals surface area contributed by atoms with Gasteiger partial charge in [-0.15, -0.1) is 0 Å². The Kier molecular flexibility index (Phi) is 11.0. The van der Waals surface area contributed by atoms with Crippen LogP contribution < -0.4 is 10.6 Å². The molecule has 12 heteroatoms. The minimum atomic E-state index is -1.08. The first kappa shape index (κ1) is 37.8. The lowest BCUT2D eigenvalue weighted by molar-refractivity contribution is -0.165. The highest BCUT2D eigenvalue weighted by Gasteiger charge is 2.70. The molecule has 5 aliphatic rings. The number of hydrogen-bond donors (Lipinski definition) is 2. The molecule has 1 aromatic rings. The molecule has 1 aromatic carbocycles. The summed E-state index contributed by atoms with van der Waals surface area (Å²) in [6, 6.07) is 5.60. The molecule has 12 nitrogen and oxygen atoms in total. The second-order valence-electron chi connectivity index (χ2n) is 17.3. The van der Waals surface area contributed by atoms with Crippen molar-refractivity contribution in [2.24, 2.45) is 29.1 Å². The van der Waals surface area contributed by atoms with Crippen molar-refractivity contribution in [3.63, 3.8) is 0 Å². The zero-order valence-corrected chi connectivity index (χ0v) is 31.4. The van der Waals surface area contributed by atoms with Crippen molar-refractivity contribution in [3.8, 4) is 0 Å². The van der Waals surface area contributed by atoms with Gasteiger partial charge in [0.1, 0.15) is 30.3 Å². The average molecular weight is 721 g/mol. The highest BCUT2D eigenvalue weighted by Crippen LogP contribution is 2.65. The molecule has 2 heterocycles. The molecule has 6 atom stereocenters. The van der Waals surface area contributed by atoms with Crippen LogP contribution in [0.5, 0.6) is 0 Å². The van der Waals surface area contributed by atoms with E-state index in [4.69, 9.17) is 9.47 Å². The van der Waals surface area contributed by atoms with Crippen LogP contribution in [0.25, 0.3) is 0 Å². The van der Waals surface area contributed by atoms with Crippen molar-refractivity contribution in [1.82, 2.24) is 20.4 Å². The SMILES string of the molecule is CC(C)(C)OC(=O)N[C@H](C(=O)N1CC2[C@@H]([C@H]1C(=O)NC(CC1CCC1)C(=O)C(=O)N1CC[C@H]1C(=O)OCc1ccccc1)C2(C)C)C1CCCCC1. The molecule has 2 saturated heterocycles. The Bertz CT molecular complexity index is 1530. The molecule has 2 N–H and O–H groups in total. The number of carbonyl (C=O) groups is 6. The molecule has 3 aliphatic carbocycles. The fourth-order valence-corrected chi connectivity index (χ4v) is 8.82. The molecule has 52 heavy (non-hydrogen) atoms. The lowest BCUT2D eigenvalue weighted by Crippen LogP contribution is -2.62. The summed E-state index contributed by atoms with van der Waals surface area (Å²) >= 11 is 0. The van der Waals surface area contributed by atoms with E-state index < -0.39 is 59.4 Å². The number of benzene rings is 1. The zero-order chi connectivity index (χ0) is 37.4. The highest BCUT2D eigenvalue weighted by molar-refractivity contribution is 6.39. The summed E-state index contributed by atoms with van der Waals surface area (Å²) in [7, 11) is 0. The van der Waals surface area contributed by atoms with E-state index in [1.807, 2.05) is 30.3 Å². The average Bonchev–Trinajstić information content (AvgIpc) is 3.36. The molecule has 3 saturated carbocycles. The molecular weight excluding hydrogens is 664 g/mol. The van der Waals surface area contributed by atoms with Crippen LogP contribution in [-0.4, -0.2) is 88.2 Å². The standard InChI is InChI=1S/C40H56N4O8/c1-39(2,3)52-38(50)42-31(26-17-10-7-11-18-26)35(47)44-22-27-30(40(27,4)5)32(44)34(46)41-28(21-24-15-12-16-24)33(45)36(48)43-20-19-29(43)37(49)51-23-25-13-8-6-9-14-25/h6,8-9,13-14,24,26-32H,7,10-12,15-23H2,1-5H3,(H,41,46)(H,42,50)/t27?,28?,29-,30-,31-,32-/m0/s1. The maximum absolute atomic E-state index is 14.5. The van der Waals surface area contributed by atoms with Gasteiger partial charge in [0.2, 0.25) is 17.6 Å². The Hall–Kier alpha value is -3.96. The highest BCUT2D eigenvalue weighted by atomic mass is 16.6. The number of likely N-dealkylation sites (tertiary alicyclic amines) is 2. The zero-order valence-electron chi connectivity index (χ0n) is 31.4. The molecule has 0 radical (unpaired) electrons. The molecular formula is C40H56N4O8. The number of rotatable bonds is 12. The topological polar surface area (TPSA) is 151 Å². The molecule has 2 aliphatic heterocycles. The molecule has 0 spiro atoms. The van der Waals surface area contributed by atoms with E-state index in [1.54, 1.807) is 25.7 Å². The summed E-state index contributed by atoms with van der Waals surface area (Å²) in [5.41, 5.74) is -0.116. The summed E-state index contributed by atoms with van der Waals surface area (Å²) in [6.45, 7) is 10.2. The molecule has 0 aromatic heterocycles. The van der Waals surface area contributed by atoms with Gasteiger partial charge in [-0.05, 0) is 81.1 Å². The number of fused-ring (bicyclic) bond motifs is 1. The number of carbonyl (C=O) groups excluding carboxylic acids is 6. The largest absolute Gasteiger partial charge is 0.459 e. The molecule has 0 bridgehead atoms. The van der Waals surface area contributed by atoms with Gasteiger partial charge in [0.25, 0.3) is 5.91 Å². The second-order valence-corrected chi connectivity index (χ2v) is 17.3. The van der Waals surface area contributed by atoms with Crippen molar-refractivity contribution in [1.29, 1.82) is 0 Å². The Morgan fingerprint density at radius 1 is 0.885 bits per heavy atom. The van der Waals surface area contributed by atoms with E-state index in [2.05, 4.69) is 24.5 Å². The van der Waals surface area contributed by atoms with Gasteiger partial charge in [0.15, 0.2) is 0 Å². The van der Waals surface area contributed by atoms with Crippen molar-refractivity contribution in [2.45, 2.75) is 135 Å². The third kappa shape index (κ3) is 8.15. The van der Waals surface area contributed by atoms with Crippen LogP contribution in [0.4, 0.5) is 4.79 Å². The van der Waals surface area contributed by atoms with Crippen LogP contribution in [0, 0.1) is 29.1 Å². The number of ketones is 1. The maximum atomic E-state index is 14.5. The Balaban J connectivity index is 1.17. The minimum Gasteiger partial charge on any atom is -0.459 e. The van der Waals surface area contributed by atoms with Gasteiger partial charge >= 0.3 is 12.1 Å². The van der Waals surface area contributed by atoms with E-state index in [-0.39, 0.29) is 48.1 Å². The normalized spacial score (nSPS) is 26.5. The van der Waals surface area contributed by atoms with E-state index in [1.165, 1.54) is 4.90 Å². The van der Waals surface area contributed by atoms with Crippen molar-refractivity contribution in [3.05, 3.63) is 35.9 Å². The van der Waals surface area contributed by atoms with Crippen LogP contribution in [0.3, 0.4) is 0 Å². The number of esters is 1. The number of ether oxygens (including phenoxy) is 2. The van der Waals surface area contributed by atoms with Crippen LogP contribution in [0.15, 0.2) is 30.3 Å². The molecule has 5 fully saturated rings. The van der Waals surface area contributed by atoms with Gasteiger partial charge in [-0.25, -0.2) is 9.59 Å². The fourth-order valence-electron chi connectivity index (χ4n) is 8.82. The lowest BCUT2D eigenvalue weighted by atomic mass is 9.79. The number of nitrogens with one attached hydrogen (secondary N) is 2. The van der Waals surface area contributed by atoms with E-state index >= 15 is 0 Å². The van der Waals surface area contributed by atoms with Crippen molar-refractivity contribution >= 4 is 35.6 Å². The van der Waals surface area contributed by atoms with Gasteiger partial charge in [-0.1, -0.05) is 82.7 Å². The molecule has 6 rings (SSSR count). The van der Waals surface area contributed by atoms with E-state index in [0.717, 1.165) is 56.9 Å². The van der Waals surface area contributed by atoms with Gasteiger partial charge in [0, 0.05) is 13.1 Å². The van der Waals surface area contributed by atoms with Gasteiger partial charge in [-0.2, -0.15) is 0 Å². The van der Waals surface area contributed by atoms with Gasteiger partial charge in [-0.3, -0.25) is 19.2 Å². The molecule has 4 amide bonds. The van der Waals surface area contributed by atoms with Crippen LogP contribution in [0.1, 0.15) is 104 Å². The number of nitrogens with zero attached hydrogens (tertiary/aromatic N) is 2. The first-order valence-electron chi connectivity index (χ1n) is 19.3. The first-order valence-corrected chi connectivity index (χ1v) is 19.3. The third-order valence-electron chi connectivity index (χ3n) is 12.2. The predicted octanol–water partition coefficient (Wildman–Crippen LogP) is 4.53. The van der Waals surface area contributed by atoms with E-state index in [9.17, 15) is 28.8 Å². The number of hydrogen-bond acceptors (Lipinski definition) is 8. The molecule has 2 unspecified atom stereocenters. The molecule has 284 valence electrons. The number of piperidine rings is 1. The summed E-state index contributed by atoms with van der Waals surface area (Å²) in [6.07, 6.45) is 7.40. The Labute approximate surface area is 307 Å². The summed E-state index contributed by atoms with van der Waals surface area (Å²) in [4.78, 5) is 85.3. The van der Waals surface area contributed by atoms with Crippen molar-refractivity contribution < 1.29 is 38.2 Å². The lowest BCUT2D eigenvalue weighted by Gasteiger charge is -2.40. The maximum Gasteiger partial charge on any atom is 0.408 e. The number of amides is 4. The van der Waals surface area contributed by atoms with Gasteiger partial charge < -0.3 is 29.9 Å².